The number of anilines is 1. The number of thioether (sulfide) groups is 1. The zero-order valence-electron chi connectivity index (χ0n) is 12.8. The van der Waals surface area contributed by atoms with E-state index >= 15 is 0 Å². The first kappa shape index (κ1) is 15.2. The van der Waals surface area contributed by atoms with E-state index in [2.05, 4.69) is 53.2 Å². The summed E-state index contributed by atoms with van der Waals surface area (Å²) < 4.78 is 2.17. The lowest BCUT2D eigenvalue weighted by atomic mass is 10.2. The number of imidazole rings is 1. The molecule has 0 saturated carbocycles. The SMILES string of the molecule is CCC(CSC)N(C)c1nc2ccccn2c1CNC. The van der Waals surface area contributed by atoms with Crippen LogP contribution in [-0.2, 0) is 6.54 Å². The van der Waals surface area contributed by atoms with E-state index in [9.17, 15) is 0 Å². The predicted molar refractivity (Wildman–Crippen MR) is 88.8 cm³/mol. The molecule has 2 aromatic rings. The molecule has 0 radical (unpaired) electrons. The summed E-state index contributed by atoms with van der Waals surface area (Å²) in [6.45, 7) is 3.06. The van der Waals surface area contributed by atoms with Crippen LogP contribution >= 0.6 is 11.8 Å². The lowest BCUT2D eigenvalue weighted by molar-refractivity contribution is 0.660. The standard InChI is InChI=1S/C15H24N4S/c1-5-12(11-20-4)18(3)15-13(10-16-2)19-9-7-6-8-14(19)17-15/h6-9,12,16H,5,10-11H2,1-4H3. The van der Waals surface area contributed by atoms with Gasteiger partial charge in [-0.15, -0.1) is 0 Å². The topological polar surface area (TPSA) is 32.6 Å². The predicted octanol–water partition coefficient (Wildman–Crippen LogP) is 2.63. The second-order valence-corrected chi connectivity index (χ2v) is 5.88. The molecule has 0 aliphatic heterocycles. The maximum atomic E-state index is 4.82. The summed E-state index contributed by atoms with van der Waals surface area (Å²) in [5.74, 6) is 2.21. The van der Waals surface area contributed by atoms with Crippen molar-refractivity contribution in [3.63, 3.8) is 0 Å². The van der Waals surface area contributed by atoms with Crippen LogP contribution < -0.4 is 10.2 Å². The van der Waals surface area contributed by atoms with Gasteiger partial charge < -0.3 is 14.6 Å². The van der Waals surface area contributed by atoms with Crippen molar-refractivity contribution in [2.45, 2.75) is 25.9 Å². The van der Waals surface area contributed by atoms with Crippen molar-refractivity contribution < 1.29 is 0 Å². The van der Waals surface area contributed by atoms with Crippen molar-refractivity contribution >= 4 is 23.2 Å². The van der Waals surface area contributed by atoms with E-state index in [4.69, 9.17) is 4.98 Å². The number of rotatable bonds is 7. The Balaban J connectivity index is 2.43. The Kier molecular flexibility index (Phi) is 5.31. The number of aromatic nitrogens is 2. The average molecular weight is 292 g/mol. The van der Waals surface area contributed by atoms with E-state index in [1.54, 1.807) is 0 Å². The van der Waals surface area contributed by atoms with Gasteiger partial charge in [-0.2, -0.15) is 11.8 Å². The first-order valence-electron chi connectivity index (χ1n) is 7.05. The third kappa shape index (κ3) is 2.94. The number of fused-ring (bicyclic) bond motifs is 1. The molecule has 0 spiro atoms. The molecule has 5 heteroatoms. The minimum Gasteiger partial charge on any atom is -0.354 e. The second-order valence-electron chi connectivity index (χ2n) is 4.97. The van der Waals surface area contributed by atoms with Crippen LogP contribution in [0.25, 0.3) is 5.65 Å². The molecule has 20 heavy (non-hydrogen) atoms. The zero-order valence-corrected chi connectivity index (χ0v) is 13.6. The Bertz CT molecular complexity index is 552. The molecule has 1 atom stereocenters. The van der Waals surface area contributed by atoms with Crippen LogP contribution in [0.15, 0.2) is 24.4 Å². The van der Waals surface area contributed by atoms with Gasteiger partial charge in [-0.1, -0.05) is 13.0 Å². The summed E-state index contributed by atoms with van der Waals surface area (Å²) in [7, 11) is 4.14. The van der Waals surface area contributed by atoms with Gasteiger partial charge in [-0.25, -0.2) is 4.98 Å². The summed E-state index contributed by atoms with van der Waals surface area (Å²) in [6, 6.07) is 6.67. The number of pyridine rings is 1. The summed E-state index contributed by atoms with van der Waals surface area (Å²) in [5.41, 5.74) is 2.24. The normalized spacial score (nSPS) is 12.8. The van der Waals surface area contributed by atoms with Gasteiger partial charge in [0, 0.05) is 31.6 Å². The van der Waals surface area contributed by atoms with Gasteiger partial charge in [-0.3, -0.25) is 0 Å². The molecule has 0 aliphatic carbocycles. The van der Waals surface area contributed by atoms with Gasteiger partial charge >= 0.3 is 0 Å². The van der Waals surface area contributed by atoms with E-state index in [0.29, 0.717) is 6.04 Å². The molecular weight excluding hydrogens is 268 g/mol. The van der Waals surface area contributed by atoms with Crippen molar-refractivity contribution in [2.24, 2.45) is 0 Å². The quantitative estimate of drug-likeness (QED) is 0.850. The molecule has 0 amide bonds. The lowest BCUT2D eigenvalue weighted by Crippen LogP contribution is -2.34. The molecule has 110 valence electrons. The molecule has 2 heterocycles. The molecule has 2 aromatic heterocycles. The number of hydrogen-bond acceptors (Lipinski definition) is 4. The lowest BCUT2D eigenvalue weighted by Gasteiger charge is -2.27. The van der Waals surface area contributed by atoms with E-state index in [1.807, 2.05) is 24.9 Å². The van der Waals surface area contributed by atoms with Crippen molar-refractivity contribution in [2.75, 3.05) is 31.0 Å². The minimum absolute atomic E-state index is 0.519. The highest BCUT2D eigenvalue weighted by Gasteiger charge is 2.20. The molecule has 1 unspecified atom stereocenters. The van der Waals surface area contributed by atoms with E-state index < -0.39 is 0 Å². The molecule has 2 rings (SSSR count). The molecule has 0 bridgehead atoms. The van der Waals surface area contributed by atoms with Crippen LogP contribution in [0, 0.1) is 0 Å². The molecular formula is C15H24N4S. The summed E-state index contributed by atoms with van der Waals surface area (Å²) in [5, 5.41) is 3.25. The van der Waals surface area contributed by atoms with Gasteiger partial charge in [0.25, 0.3) is 0 Å². The Morgan fingerprint density at radius 3 is 2.90 bits per heavy atom. The maximum absolute atomic E-state index is 4.82. The molecule has 0 fully saturated rings. The summed E-state index contributed by atoms with van der Waals surface area (Å²) >= 11 is 1.89. The van der Waals surface area contributed by atoms with E-state index in [0.717, 1.165) is 30.2 Å². The van der Waals surface area contributed by atoms with E-state index in [1.165, 1.54) is 5.69 Å². The van der Waals surface area contributed by atoms with Crippen LogP contribution in [-0.4, -0.2) is 41.5 Å². The van der Waals surface area contributed by atoms with Crippen LogP contribution in [0.5, 0.6) is 0 Å². The second kappa shape index (κ2) is 6.99. The van der Waals surface area contributed by atoms with Crippen molar-refractivity contribution in [3.8, 4) is 0 Å². The van der Waals surface area contributed by atoms with E-state index in [-0.39, 0.29) is 0 Å². The molecule has 0 saturated heterocycles. The third-order valence-electron chi connectivity index (χ3n) is 3.66. The zero-order chi connectivity index (χ0) is 14.5. The Labute approximate surface area is 125 Å². The molecule has 1 N–H and O–H groups in total. The van der Waals surface area contributed by atoms with Gasteiger partial charge in [0.15, 0.2) is 5.82 Å². The number of nitrogens with one attached hydrogen (secondary N) is 1. The van der Waals surface area contributed by atoms with Crippen LogP contribution in [0.4, 0.5) is 5.82 Å². The highest BCUT2D eigenvalue weighted by atomic mass is 32.2. The van der Waals surface area contributed by atoms with Gasteiger partial charge in [-0.05, 0) is 31.9 Å². The Morgan fingerprint density at radius 1 is 1.45 bits per heavy atom. The number of nitrogens with zero attached hydrogens (tertiary/aromatic N) is 3. The van der Waals surface area contributed by atoms with Crippen molar-refractivity contribution in [1.82, 2.24) is 14.7 Å². The van der Waals surface area contributed by atoms with Gasteiger partial charge in [0.2, 0.25) is 0 Å². The fraction of sp³-hybridized carbons (Fsp3) is 0.533. The van der Waals surface area contributed by atoms with Gasteiger partial charge in [0.05, 0.1) is 5.69 Å². The smallest absolute Gasteiger partial charge is 0.152 e. The first-order valence-corrected chi connectivity index (χ1v) is 8.44. The largest absolute Gasteiger partial charge is 0.354 e. The van der Waals surface area contributed by atoms with Crippen molar-refractivity contribution in [3.05, 3.63) is 30.1 Å². The highest BCUT2D eigenvalue weighted by Crippen LogP contribution is 2.24. The van der Waals surface area contributed by atoms with Gasteiger partial charge in [0.1, 0.15) is 5.65 Å². The van der Waals surface area contributed by atoms with Crippen LogP contribution in [0.1, 0.15) is 19.0 Å². The third-order valence-corrected chi connectivity index (χ3v) is 4.38. The average Bonchev–Trinajstić information content (AvgIpc) is 2.83. The van der Waals surface area contributed by atoms with Crippen LogP contribution in [0.3, 0.4) is 0 Å². The summed E-state index contributed by atoms with van der Waals surface area (Å²) in [4.78, 5) is 7.15. The fourth-order valence-electron chi connectivity index (χ4n) is 2.52. The molecule has 0 aliphatic rings. The monoisotopic (exact) mass is 292 g/mol. The van der Waals surface area contributed by atoms with Crippen molar-refractivity contribution in [1.29, 1.82) is 0 Å². The van der Waals surface area contributed by atoms with Crippen LogP contribution in [0.2, 0.25) is 0 Å². The Morgan fingerprint density at radius 2 is 2.25 bits per heavy atom. The minimum atomic E-state index is 0.519. The number of hydrogen-bond donors (Lipinski definition) is 1. The molecule has 0 aromatic carbocycles. The highest BCUT2D eigenvalue weighted by molar-refractivity contribution is 7.98. The molecule has 4 nitrogen and oxygen atoms in total. The summed E-state index contributed by atoms with van der Waals surface area (Å²) in [6.07, 6.45) is 5.38. The fourth-order valence-corrected chi connectivity index (χ4v) is 3.36. The Hall–Kier alpha value is -1.20. The maximum Gasteiger partial charge on any atom is 0.152 e. The first-order chi connectivity index (χ1) is 9.72.